The van der Waals surface area contributed by atoms with Crippen LogP contribution in [0.4, 0.5) is 0 Å². The lowest BCUT2D eigenvalue weighted by atomic mass is 10.3. The summed E-state index contributed by atoms with van der Waals surface area (Å²) >= 11 is 1.38. The summed E-state index contributed by atoms with van der Waals surface area (Å²) in [7, 11) is 0. The third-order valence-electron chi connectivity index (χ3n) is 1.64. The lowest BCUT2D eigenvalue weighted by Crippen LogP contribution is -2.16. The van der Waals surface area contributed by atoms with Crippen LogP contribution in [0.2, 0.25) is 0 Å². The van der Waals surface area contributed by atoms with Crippen molar-refractivity contribution in [2.24, 2.45) is 0 Å². The Balaban J connectivity index is 2.69. The zero-order chi connectivity index (χ0) is 9.84. The number of aromatic amines is 1. The van der Waals surface area contributed by atoms with Crippen LogP contribution in [-0.2, 0) is 0 Å². The molecular formula is C8H12N2O2S. The summed E-state index contributed by atoms with van der Waals surface area (Å²) in [5.74, 6) is 0. The van der Waals surface area contributed by atoms with Crippen LogP contribution in [0.25, 0.3) is 0 Å². The normalized spacial score (nSPS) is 15.3. The molecule has 4 nitrogen and oxygen atoms in total. The molecule has 2 unspecified atom stereocenters. The molecule has 0 spiro atoms. The van der Waals surface area contributed by atoms with Gasteiger partial charge in [0.1, 0.15) is 5.03 Å². The summed E-state index contributed by atoms with van der Waals surface area (Å²) in [5, 5.41) is 9.89. The van der Waals surface area contributed by atoms with E-state index >= 15 is 0 Å². The van der Waals surface area contributed by atoms with E-state index in [1.54, 1.807) is 6.92 Å². The highest BCUT2D eigenvalue weighted by atomic mass is 32.2. The van der Waals surface area contributed by atoms with Crippen LogP contribution in [0, 0.1) is 0 Å². The molecule has 0 aromatic carbocycles. The molecule has 5 heteroatoms. The van der Waals surface area contributed by atoms with Gasteiger partial charge in [-0.1, -0.05) is 6.92 Å². The van der Waals surface area contributed by atoms with Gasteiger partial charge in [0, 0.05) is 11.3 Å². The van der Waals surface area contributed by atoms with Gasteiger partial charge in [0.2, 0.25) is 0 Å². The third-order valence-corrected chi connectivity index (χ3v) is 2.87. The van der Waals surface area contributed by atoms with Gasteiger partial charge in [0.25, 0.3) is 5.56 Å². The number of aliphatic hydroxyl groups is 1. The molecule has 0 radical (unpaired) electrons. The first-order valence-corrected chi connectivity index (χ1v) is 4.87. The van der Waals surface area contributed by atoms with Gasteiger partial charge in [-0.05, 0) is 6.92 Å². The van der Waals surface area contributed by atoms with Crippen molar-refractivity contribution in [1.29, 1.82) is 0 Å². The van der Waals surface area contributed by atoms with Crippen LogP contribution >= 0.6 is 11.8 Å². The van der Waals surface area contributed by atoms with E-state index in [1.165, 1.54) is 24.2 Å². The van der Waals surface area contributed by atoms with Gasteiger partial charge in [-0.3, -0.25) is 4.79 Å². The fourth-order valence-corrected chi connectivity index (χ4v) is 1.57. The second-order valence-electron chi connectivity index (χ2n) is 2.81. The minimum atomic E-state index is -0.411. The van der Waals surface area contributed by atoms with Crippen molar-refractivity contribution >= 4 is 11.8 Å². The molecule has 1 rings (SSSR count). The predicted molar refractivity (Wildman–Crippen MR) is 51.9 cm³/mol. The topological polar surface area (TPSA) is 66.0 Å². The monoisotopic (exact) mass is 200 g/mol. The van der Waals surface area contributed by atoms with Crippen molar-refractivity contribution in [2.45, 2.75) is 30.2 Å². The first kappa shape index (κ1) is 10.3. The highest BCUT2D eigenvalue weighted by Gasteiger charge is 2.10. The van der Waals surface area contributed by atoms with Gasteiger partial charge >= 0.3 is 0 Å². The Hall–Kier alpha value is -0.810. The van der Waals surface area contributed by atoms with E-state index in [-0.39, 0.29) is 10.8 Å². The van der Waals surface area contributed by atoms with E-state index in [1.807, 2.05) is 6.92 Å². The molecule has 0 bridgehead atoms. The zero-order valence-corrected chi connectivity index (χ0v) is 8.34. The lowest BCUT2D eigenvalue weighted by molar-refractivity contribution is 0.196. The Morgan fingerprint density at radius 3 is 2.85 bits per heavy atom. The molecule has 2 N–H and O–H groups in total. The Labute approximate surface area is 80.4 Å². The van der Waals surface area contributed by atoms with Crippen molar-refractivity contribution in [1.82, 2.24) is 9.97 Å². The van der Waals surface area contributed by atoms with Crippen molar-refractivity contribution in [3.8, 4) is 0 Å². The van der Waals surface area contributed by atoms with E-state index in [0.29, 0.717) is 5.03 Å². The number of aliphatic hydroxyl groups excluding tert-OH is 1. The van der Waals surface area contributed by atoms with Gasteiger partial charge in [-0.2, -0.15) is 0 Å². The molecule has 0 saturated carbocycles. The number of thioether (sulfide) groups is 1. The number of rotatable bonds is 3. The van der Waals surface area contributed by atoms with E-state index < -0.39 is 6.10 Å². The van der Waals surface area contributed by atoms with Gasteiger partial charge in [-0.25, -0.2) is 4.98 Å². The first-order valence-electron chi connectivity index (χ1n) is 3.99. The second kappa shape index (κ2) is 4.43. The molecule has 72 valence electrons. The Kier molecular flexibility index (Phi) is 3.50. The van der Waals surface area contributed by atoms with Crippen LogP contribution in [0.3, 0.4) is 0 Å². The van der Waals surface area contributed by atoms with Crippen LogP contribution < -0.4 is 5.56 Å². The van der Waals surface area contributed by atoms with Crippen molar-refractivity contribution < 1.29 is 5.11 Å². The largest absolute Gasteiger partial charge is 0.392 e. The number of H-pyrrole nitrogens is 1. The molecule has 0 aliphatic heterocycles. The standard InChI is InChI=1S/C8H12N2O2S/c1-5(11)6(2)13-8-3-7(12)9-4-10-8/h3-6,11H,1-2H3,(H,9,10,12). The molecule has 0 amide bonds. The quantitative estimate of drug-likeness (QED) is 0.555. The molecule has 0 aliphatic carbocycles. The molecule has 0 aliphatic rings. The second-order valence-corrected chi connectivity index (χ2v) is 4.21. The third kappa shape index (κ3) is 3.20. The van der Waals surface area contributed by atoms with Crippen LogP contribution in [-0.4, -0.2) is 26.4 Å². The van der Waals surface area contributed by atoms with Gasteiger partial charge in [-0.15, -0.1) is 11.8 Å². The van der Waals surface area contributed by atoms with E-state index in [2.05, 4.69) is 9.97 Å². The maximum Gasteiger partial charge on any atom is 0.251 e. The van der Waals surface area contributed by atoms with Crippen molar-refractivity contribution in [3.63, 3.8) is 0 Å². The number of nitrogens with one attached hydrogen (secondary N) is 1. The van der Waals surface area contributed by atoms with E-state index in [0.717, 1.165) is 0 Å². The smallest absolute Gasteiger partial charge is 0.251 e. The fourth-order valence-electron chi connectivity index (χ4n) is 0.704. The summed E-state index contributed by atoms with van der Waals surface area (Å²) in [5.41, 5.74) is -0.171. The van der Waals surface area contributed by atoms with E-state index in [9.17, 15) is 9.90 Å². The molecule has 0 saturated heterocycles. The fraction of sp³-hybridized carbons (Fsp3) is 0.500. The average Bonchev–Trinajstić information content (AvgIpc) is 2.04. The Morgan fingerprint density at radius 1 is 1.62 bits per heavy atom. The average molecular weight is 200 g/mol. The minimum Gasteiger partial charge on any atom is -0.392 e. The molecule has 1 aromatic heterocycles. The van der Waals surface area contributed by atoms with Crippen LogP contribution in [0.1, 0.15) is 13.8 Å². The summed E-state index contributed by atoms with van der Waals surface area (Å²) in [6, 6.07) is 1.42. The molecule has 1 aromatic rings. The summed E-state index contributed by atoms with van der Waals surface area (Å²) in [6.07, 6.45) is 0.950. The summed E-state index contributed by atoms with van der Waals surface area (Å²) in [6.45, 7) is 3.60. The number of aromatic nitrogens is 2. The maximum atomic E-state index is 10.9. The van der Waals surface area contributed by atoms with E-state index in [4.69, 9.17) is 0 Å². The predicted octanol–water partition coefficient (Wildman–Crippen LogP) is 0.631. The zero-order valence-electron chi connectivity index (χ0n) is 7.52. The minimum absolute atomic E-state index is 0.0364. The summed E-state index contributed by atoms with van der Waals surface area (Å²) < 4.78 is 0. The van der Waals surface area contributed by atoms with Gasteiger partial charge in [0.05, 0.1) is 12.4 Å². The maximum absolute atomic E-state index is 10.9. The van der Waals surface area contributed by atoms with Crippen LogP contribution in [0.15, 0.2) is 22.2 Å². The first-order chi connectivity index (χ1) is 6.09. The van der Waals surface area contributed by atoms with Gasteiger partial charge < -0.3 is 10.1 Å². The van der Waals surface area contributed by atoms with Crippen LogP contribution in [0.5, 0.6) is 0 Å². The summed E-state index contributed by atoms with van der Waals surface area (Å²) in [4.78, 5) is 17.3. The Morgan fingerprint density at radius 2 is 2.31 bits per heavy atom. The molecule has 2 atom stereocenters. The molecular weight excluding hydrogens is 188 g/mol. The Bertz CT molecular complexity index is 324. The van der Waals surface area contributed by atoms with Crippen molar-refractivity contribution in [2.75, 3.05) is 0 Å². The SMILES string of the molecule is CC(O)C(C)Sc1cc(=O)[nH]cn1. The highest BCUT2D eigenvalue weighted by Crippen LogP contribution is 2.21. The lowest BCUT2D eigenvalue weighted by Gasteiger charge is -2.12. The molecule has 0 fully saturated rings. The molecule has 13 heavy (non-hydrogen) atoms. The number of nitrogens with zero attached hydrogens (tertiary/aromatic N) is 1. The van der Waals surface area contributed by atoms with Gasteiger partial charge in [0.15, 0.2) is 0 Å². The molecule has 1 heterocycles. The number of hydrogen-bond acceptors (Lipinski definition) is 4. The highest BCUT2D eigenvalue weighted by molar-refractivity contribution is 7.99. The number of hydrogen-bond donors (Lipinski definition) is 2. The van der Waals surface area contributed by atoms with Crippen molar-refractivity contribution in [3.05, 3.63) is 22.7 Å².